The maximum atomic E-state index is 12.0. The van der Waals surface area contributed by atoms with Crippen LogP contribution in [0.1, 0.15) is 18.9 Å². The van der Waals surface area contributed by atoms with Crippen molar-refractivity contribution >= 4 is 16.8 Å². The number of allylic oxidation sites excluding steroid dienone is 1. The van der Waals surface area contributed by atoms with Crippen LogP contribution in [0, 0.1) is 0 Å². The predicted molar refractivity (Wildman–Crippen MR) is 71.8 cm³/mol. The summed E-state index contributed by atoms with van der Waals surface area (Å²) in [7, 11) is 1.63. The standard InChI is InChI=1S/C14H15N3O2/c1-9-6-7-12(14(18)16-9)17-11-4-3-5-13(19-2)10(11)8-15-17/h3-5,8,12H,1,6-7H2,2H3,(H,16,18). The van der Waals surface area contributed by atoms with Gasteiger partial charge in [0.1, 0.15) is 11.8 Å². The summed E-state index contributed by atoms with van der Waals surface area (Å²) in [4.78, 5) is 12.0. The molecule has 19 heavy (non-hydrogen) atoms. The first-order valence-corrected chi connectivity index (χ1v) is 6.19. The Labute approximate surface area is 110 Å². The molecule has 1 aliphatic rings. The van der Waals surface area contributed by atoms with Crippen LogP contribution in [0.25, 0.3) is 10.9 Å². The third-order valence-electron chi connectivity index (χ3n) is 3.44. The lowest BCUT2D eigenvalue weighted by atomic mass is 10.0. The molecule has 0 aliphatic carbocycles. The van der Waals surface area contributed by atoms with Crippen molar-refractivity contribution in [2.24, 2.45) is 0 Å². The van der Waals surface area contributed by atoms with Gasteiger partial charge in [0.05, 0.1) is 24.2 Å². The second-order valence-corrected chi connectivity index (χ2v) is 4.63. The summed E-state index contributed by atoms with van der Waals surface area (Å²) in [6.07, 6.45) is 3.24. The van der Waals surface area contributed by atoms with Crippen molar-refractivity contribution in [2.75, 3.05) is 7.11 Å². The molecular weight excluding hydrogens is 242 g/mol. The Hall–Kier alpha value is -2.30. The topological polar surface area (TPSA) is 56.2 Å². The minimum Gasteiger partial charge on any atom is -0.496 e. The van der Waals surface area contributed by atoms with Crippen LogP contribution in [0.5, 0.6) is 5.75 Å². The normalized spacial score (nSPS) is 19.5. The van der Waals surface area contributed by atoms with E-state index in [1.807, 2.05) is 18.2 Å². The molecule has 1 saturated heterocycles. The highest BCUT2D eigenvalue weighted by Crippen LogP contribution is 2.29. The number of nitrogens with zero attached hydrogens (tertiary/aromatic N) is 2. The Balaban J connectivity index is 2.06. The number of benzene rings is 1. The van der Waals surface area contributed by atoms with Gasteiger partial charge in [-0.1, -0.05) is 12.6 Å². The van der Waals surface area contributed by atoms with E-state index in [9.17, 15) is 4.79 Å². The number of carbonyl (C=O) groups excluding carboxylic acids is 1. The first kappa shape index (κ1) is 11.8. The van der Waals surface area contributed by atoms with Gasteiger partial charge < -0.3 is 10.1 Å². The molecule has 2 aromatic rings. The van der Waals surface area contributed by atoms with Crippen LogP contribution in [0.2, 0.25) is 0 Å². The minimum absolute atomic E-state index is 0.0518. The van der Waals surface area contributed by atoms with Crippen LogP contribution in [0.3, 0.4) is 0 Å². The molecule has 1 amide bonds. The minimum atomic E-state index is -0.282. The van der Waals surface area contributed by atoms with Crippen LogP contribution in [-0.2, 0) is 4.79 Å². The molecule has 2 heterocycles. The van der Waals surface area contributed by atoms with Gasteiger partial charge in [0.15, 0.2) is 0 Å². The van der Waals surface area contributed by atoms with Gasteiger partial charge in [0.25, 0.3) is 0 Å². The quantitative estimate of drug-likeness (QED) is 0.895. The van der Waals surface area contributed by atoms with Crippen LogP contribution in [0.4, 0.5) is 0 Å². The lowest BCUT2D eigenvalue weighted by Crippen LogP contribution is -2.36. The monoisotopic (exact) mass is 257 g/mol. The first-order chi connectivity index (χ1) is 9.20. The Bertz CT molecular complexity index is 660. The molecule has 1 aromatic carbocycles. The number of fused-ring (bicyclic) bond motifs is 1. The lowest BCUT2D eigenvalue weighted by molar-refractivity contribution is -0.125. The molecule has 1 atom stereocenters. The predicted octanol–water partition coefficient (Wildman–Crippen LogP) is 2.01. The molecule has 1 aliphatic heterocycles. The Morgan fingerprint density at radius 1 is 1.53 bits per heavy atom. The zero-order valence-corrected chi connectivity index (χ0v) is 10.7. The van der Waals surface area contributed by atoms with Crippen molar-refractivity contribution in [1.82, 2.24) is 15.1 Å². The Morgan fingerprint density at radius 2 is 2.37 bits per heavy atom. The van der Waals surface area contributed by atoms with E-state index in [0.717, 1.165) is 35.2 Å². The van der Waals surface area contributed by atoms with Gasteiger partial charge in [-0.25, -0.2) is 0 Å². The highest BCUT2D eigenvalue weighted by molar-refractivity contribution is 5.89. The molecule has 0 spiro atoms. The summed E-state index contributed by atoms with van der Waals surface area (Å²) in [5.74, 6) is 0.716. The summed E-state index contributed by atoms with van der Waals surface area (Å²) in [6.45, 7) is 3.79. The molecule has 0 saturated carbocycles. The molecule has 1 fully saturated rings. The number of methoxy groups -OCH3 is 1. The molecule has 0 radical (unpaired) electrons. The van der Waals surface area contributed by atoms with Crippen LogP contribution < -0.4 is 10.1 Å². The summed E-state index contributed by atoms with van der Waals surface area (Å²) >= 11 is 0. The maximum Gasteiger partial charge on any atom is 0.249 e. The molecule has 5 heteroatoms. The summed E-state index contributed by atoms with van der Waals surface area (Å²) in [5.41, 5.74) is 1.68. The average molecular weight is 257 g/mol. The number of piperidine rings is 1. The highest BCUT2D eigenvalue weighted by Gasteiger charge is 2.27. The van der Waals surface area contributed by atoms with Crippen LogP contribution in [0.15, 0.2) is 36.7 Å². The second kappa shape index (κ2) is 4.42. The van der Waals surface area contributed by atoms with Crippen molar-refractivity contribution < 1.29 is 9.53 Å². The van der Waals surface area contributed by atoms with E-state index >= 15 is 0 Å². The zero-order chi connectivity index (χ0) is 13.4. The van der Waals surface area contributed by atoms with Crippen molar-refractivity contribution in [3.8, 4) is 5.75 Å². The molecule has 3 rings (SSSR count). The Kier molecular flexibility index (Phi) is 2.74. The molecule has 0 bridgehead atoms. The third-order valence-corrected chi connectivity index (χ3v) is 3.44. The van der Waals surface area contributed by atoms with Gasteiger partial charge in [0, 0.05) is 5.70 Å². The Morgan fingerprint density at radius 3 is 3.11 bits per heavy atom. The van der Waals surface area contributed by atoms with E-state index in [1.54, 1.807) is 18.0 Å². The van der Waals surface area contributed by atoms with E-state index in [1.165, 1.54) is 0 Å². The van der Waals surface area contributed by atoms with Crippen LogP contribution in [-0.4, -0.2) is 22.8 Å². The van der Waals surface area contributed by atoms with E-state index in [4.69, 9.17) is 4.74 Å². The van der Waals surface area contributed by atoms with Crippen LogP contribution >= 0.6 is 0 Å². The number of ether oxygens (including phenoxy) is 1. The van der Waals surface area contributed by atoms with Crippen molar-refractivity contribution in [1.29, 1.82) is 0 Å². The zero-order valence-electron chi connectivity index (χ0n) is 10.7. The van der Waals surface area contributed by atoms with Gasteiger partial charge in [-0.2, -0.15) is 5.10 Å². The maximum absolute atomic E-state index is 12.0. The second-order valence-electron chi connectivity index (χ2n) is 4.63. The number of rotatable bonds is 2. The van der Waals surface area contributed by atoms with Crippen molar-refractivity contribution in [3.05, 3.63) is 36.7 Å². The van der Waals surface area contributed by atoms with Gasteiger partial charge in [-0.15, -0.1) is 0 Å². The number of hydrogen-bond donors (Lipinski definition) is 1. The molecule has 1 aromatic heterocycles. The number of amides is 1. The van der Waals surface area contributed by atoms with Gasteiger partial charge >= 0.3 is 0 Å². The first-order valence-electron chi connectivity index (χ1n) is 6.19. The summed E-state index contributed by atoms with van der Waals surface area (Å²) in [6, 6.07) is 5.45. The third kappa shape index (κ3) is 1.87. The molecular formula is C14H15N3O2. The molecule has 1 unspecified atom stereocenters. The van der Waals surface area contributed by atoms with Crippen molar-refractivity contribution in [3.63, 3.8) is 0 Å². The number of aromatic nitrogens is 2. The van der Waals surface area contributed by atoms with E-state index < -0.39 is 0 Å². The van der Waals surface area contributed by atoms with Crippen molar-refractivity contribution in [2.45, 2.75) is 18.9 Å². The fourth-order valence-corrected chi connectivity index (χ4v) is 2.47. The molecule has 1 N–H and O–H groups in total. The van der Waals surface area contributed by atoms with E-state index in [0.29, 0.717) is 0 Å². The summed E-state index contributed by atoms with van der Waals surface area (Å²) in [5, 5.41) is 8.05. The number of carbonyl (C=O) groups is 1. The highest BCUT2D eigenvalue weighted by atomic mass is 16.5. The fourth-order valence-electron chi connectivity index (χ4n) is 2.47. The van der Waals surface area contributed by atoms with E-state index in [2.05, 4.69) is 17.0 Å². The SMILES string of the molecule is C=C1CCC(n2ncc3c(OC)cccc32)C(=O)N1. The van der Waals surface area contributed by atoms with E-state index in [-0.39, 0.29) is 11.9 Å². The number of nitrogens with one attached hydrogen (secondary N) is 1. The van der Waals surface area contributed by atoms with Gasteiger partial charge in [-0.3, -0.25) is 9.48 Å². The summed E-state index contributed by atoms with van der Waals surface area (Å²) < 4.78 is 7.07. The van der Waals surface area contributed by atoms with Gasteiger partial charge in [-0.05, 0) is 25.0 Å². The smallest absolute Gasteiger partial charge is 0.249 e. The lowest BCUT2D eigenvalue weighted by Gasteiger charge is -2.24. The fraction of sp³-hybridized carbons (Fsp3) is 0.286. The molecule has 98 valence electrons. The van der Waals surface area contributed by atoms with Gasteiger partial charge in [0.2, 0.25) is 5.91 Å². The number of hydrogen-bond acceptors (Lipinski definition) is 3. The average Bonchev–Trinajstić information content (AvgIpc) is 2.82. The molecule has 5 nitrogen and oxygen atoms in total. The largest absolute Gasteiger partial charge is 0.496 e.